The van der Waals surface area contributed by atoms with E-state index in [2.05, 4.69) is 15.3 Å². The molecular formula is C24H24ClN5O4. The molecule has 0 fully saturated rings. The molecule has 4 rings (SSSR count). The van der Waals surface area contributed by atoms with Gasteiger partial charge in [0.2, 0.25) is 0 Å². The molecule has 1 aliphatic heterocycles. The lowest BCUT2D eigenvalue weighted by atomic mass is 9.95. The van der Waals surface area contributed by atoms with Crippen molar-refractivity contribution in [3.8, 4) is 17.1 Å². The standard InChI is InChI=1S/C24H24ClN5O4/c1-15(2)10-20(24(23(26)32)33-8-9-34-24)29-22(31)18-11-17(25)12-27-21(18)30-13-19(28-14-30)16-6-4-3-5-7-16/h3-9,11-15,20H,10H2,1-2H3,(H2,26,32)(H,29,31). The number of nitrogens with zero attached hydrogens (tertiary/aromatic N) is 3. The summed E-state index contributed by atoms with van der Waals surface area (Å²) in [4.78, 5) is 34.5. The first-order valence-corrected chi connectivity index (χ1v) is 11.0. The maximum atomic E-state index is 13.5. The lowest BCUT2D eigenvalue weighted by Gasteiger charge is -2.34. The molecule has 0 aliphatic carbocycles. The highest BCUT2D eigenvalue weighted by Gasteiger charge is 2.51. The molecule has 3 N–H and O–H groups in total. The minimum Gasteiger partial charge on any atom is -0.447 e. The van der Waals surface area contributed by atoms with Crippen LogP contribution < -0.4 is 11.1 Å². The van der Waals surface area contributed by atoms with Gasteiger partial charge in [-0.2, -0.15) is 0 Å². The summed E-state index contributed by atoms with van der Waals surface area (Å²) in [5.74, 6) is -2.81. The Bertz CT molecular complexity index is 1220. The lowest BCUT2D eigenvalue weighted by molar-refractivity contribution is -0.183. The molecule has 1 unspecified atom stereocenters. The molecular weight excluding hydrogens is 458 g/mol. The zero-order chi connectivity index (χ0) is 24.3. The number of aromatic nitrogens is 3. The molecule has 34 heavy (non-hydrogen) atoms. The Morgan fingerprint density at radius 2 is 1.88 bits per heavy atom. The number of ether oxygens (including phenoxy) is 2. The topological polar surface area (TPSA) is 121 Å². The van der Waals surface area contributed by atoms with E-state index in [1.165, 1.54) is 24.8 Å². The van der Waals surface area contributed by atoms with Crippen LogP contribution in [0, 0.1) is 5.92 Å². The van der Waals surface area contributed by atoms with Crippen molar-refractivity contribution in [1.29, 1.82) is 0 Å². The van der Waals surface area contributed by atoms with Gasteiger partial charge in [0.25, 0.3) is 5.91 Å². The Labute approximate surface area is 201 Å². The Morgan fingerprint density at radius 1 is 1.18 bits per heavy atom. The van der Waals surface area contributed by atoms with Gasteiger partial charge < -0.3 is 20.5 Å². The minimum absolute atomic E-state index is 0.0911. The Hall–Kier alpha value is -3.85. The number of imidazole rings is 1. The Kier molecular flexibility index (Phi) is 6.56. The maximum Gasteiger partial charge on any atom is 0.351 e. The normalized spacial score (nSPS) is 14.9. The molecule has 3 heterocycles. The highest BCUT2D eigenvalue weighted by atomic mass is 35.5. The predicted molar refractivity (Wildman–Crippen MR) is 126 cm³/mol. The van der Waals surface area contributed by atoms with Crippen LogP contribution in [0.25, 0.3) is 17.1 Å². The van der Waals surface area contributed by atoms with Crippen molar-refractivity contribution in [1.82, 2.24) is 19.9 Å². The monoisotopic (exact) mass is 481 g/mol. The number of pyridine rings is 1. The Morgan fingerprint density at radius 3 is 2.53 bits per heavy atom. The molecule has 2 aromatic heterocycles. The molecule has 0 radical (unpaired) electrons. The SMILES string of the molecule is CC(C)CC(NC(=O)c1cc(Cl)cnc1-n1cnc(-c2ccccc2)c1)C1(C(N)=O)OC=CO1. The van der Waals surface area contributed by atoms with Crippen LogP contribution in [0.3, 0.4) is 0 Å². The minimum atomic E-state index is -1.85. The van der Waals surface area contributed by atoms with Gasteiger partial charge in [0.15, 0.2) is 5.82 Å². The molecule has 1 aromatic carbocycles. The van der Waals surface area contributed by atoms with E-state index in [9.17, 15) is 9.59 Å². The largest absolute Gasteiger partial charge is 0.447 e. The summed E-state index contributed by atoms with van der Waals surface area (Å²) in [7, 11) is 0. The average molecular weight is 482 g/mol. The number of carbonyl (C=O) groups is 2. The van der Waals surface area contributed by atoms with Crippen LogP contribution in [0.2, 0.25) is 5.02 Å². The second-order valence-corrected chi connectivity index (χ2v) is 8.69. The third kappa shape index (κ3) is 4.60. The van der Waals surface area contributed by atoms with Crippen molar-refractivity contribution in [3.63, 3.8) is 0 Å². The zero-order valence-corrected chi connectivity index (χ0v) is 19.4. The van der Waals surface area contributed by atoms with Crippen molar-refractivity contribution >= 4 is 23.4 Å². The van der Waals surface area contributed by atoms with Gasteiger partial charge in [-0.3, -0.25) is 14.2 Å². The van der Waals surface area contributed by atoms with Crippen molar-refractivity contribution in [2.24, 2.45) is 11.7 Å². The van der Waals surface area contributed by atoms with Crippen molar-refractivity contribution in [2.75, 3.05) is 0 Å². The van der Waals surface area contributed by atoms with Gasteiger partial charge in [-0.25, -0.2) is 9.97 Å². The average Bonchev–Trinajstić information content (AvgIpc) is 3.50. The summed E-state index contributed by atoms with van der Waals surface area (Å²) in [5.41, 5.74) is 7.42. The van der Waals surface area contributed by atoms with Crippen LogP contribution in [-0.4, -0.2) is 38.2 Å². The van der Waals surface area contributed by atoms with E-state index in [0.29, 0.717) is 17.9 Å². The van der Waals surface area contributed by atoms with E-state index in [1.807, 2.05) is 44.2 Å². The fourth-order valence-electron chi connectivity index (χ4n) is 3.76. The van der Waals surface area contributed by atoms with Crippen LogP contribution >= 0.6 is 11.6 Å². The number of rotatable bonds is 8. The second kappa shape index (κ2) is 9.56. The fraction of sp³-hybridized carbons (Fsp3) is 0.250. The molecule has 0 saturated heterocycles. The summed E-state index contributed by atoms with van der Waals surface area (Å²) in [6.07, 6.45) is 7.60. The van der Waals surface area contributed by atoms with Gasteiger partial charge in [-0.05, 0) is 18.4 Å². The lowest BCUT2D eigenvalue weighted by Crippen LogP contribution is -2.61. The van der Waals surface area contributed by atoms with Gasteiger partial charge in [-0.15, -0.1) is 0 Å². The number of amides is 2. The number of nitrogens with one attached hydrogen (secondary N) is 1. The van der Waals surface area contributed by atoms with E-state index in [4.69, 9.17) is 26.8 Å². The molecule has 3 aromatic rings. The molecule has 9 nitrogen and oxygen atoms in total. The van der Waals surface area contributed by atoms with Crippen LogP contribution in [-0.2, 0) is 14.3 Å². The predicted octanol–water partition coefficient (Wildman–Crippen LogP) is 3.43. The van der Waals surface area contributed by atoms with Gasteiger partial charge in [0.05, 0.1) is 16.3 Å². The molecule has 176 valence electrons. The number of benzene rings is 1. The molecule has 0 bridgehead atoms. The number of carbonyl (C=O) groups excluding carboxylic acids is 2. The van der Waals surface area contributed by atoms with Crippen molar-refractivity contribution < 1.29 is 19.1 Å². The highest BCUT2D eigenvalue weighted by molar-refractivity contribution is 6.30. The number of primary amides is 1. The summed E-state index contributed by atoms with van der Waals surface area (Å²) < 4.78 is 12.5. The van der Waals surface area contributed by atoms with Gasteiger partial charge >= 0.3 is 11.7 Å². The number of halogens is 1. The third-order valence-electron chi connectivity index (χ3n) is 5.33. The molecule has 0 saturated carbocycles. The molecule has 0 spiro atoms. The first kappa shape index (κ1) is 23.3. The first-order chi connectivity index (χ1) is 16.3. The van der Waals surface area contributed by atoms with Crippen LogP contribution in [0.1, 0.15) is 30.6 Å². The van der Waals surface area contributed by atoms with Crippen molar-refractivity contribution in [3.05, 3.63) is 78.2 Å². The van der Waals surface area contributed by atoms with E-state index in [-0.39, 0.29) is 16.5 Å². The van der Waals surface area contributed by atoms with Crippen LogP contribution in [0.15, 0.2) is 67.6 Å². The van der Waals surface area contributed by atoms with Gasteiger partial charge in [0.1, 0.15) is 24.9 Å². The van der Waals surface area contributed by atoms with Crippen molar-refractivity contribution in [2.45, 2.75) is 32.1 Å². The molecule has 10 heteroatoms. The number of hydrogen-bond donors (Lipinski definition) is 2. The highest BCUT2D eigenvalue weighted by Crippen LogP contribution is 2.29. The first-order valence-electron chi connectivity index (χ1n) is 10.7. The smallest absolute Gasteiger partial charge is 0.351 e. The van der Waals surface area contributed by atoms with E-state index in [1.54, 1.807) is 17.1 Å². The fourth-order valence-corrected chi connectivity index (χ4v) is 3.91. The number of nitrogens with two attached hydrogens (primary N) is 1. The molecule has 1 aliphatic rings. The number of hydrogen-bond acceptors (Lipinski definition) is 6. The summed E-state index contributed by atoms with van der Waals surface area (Å²) >= 11 is 6.17. The van der Waals surface area contributed by atoms with E-state index >= 15 is 0 Å². The summed E-state index contributed by atoms with van der Waals surface area (Å²) in [6.45, 7) is 3.89. The Balaban J connectivity index is 1.68. The third-order valence-corrected chi connectivity index (χ3v) is 5.54. The summed E-state index contributed by atoms with van der Waals surface area (Å²) in [5, 5.41) is 3.12. The van der Waals surface area contributed by atoms with Gasteiger partial charge in [-0.1, -0.05) is 55.8 Å². The quantitative estimate of drug-likeness (QED) is 0.508. The molecule has 2 amide bonds. The maximum absolute atomic E-state index is 13.5. The zero-order valence-electron chi connectivity index (χ0n) is 18.6. The summed E-state index contributed by atoms with van der Waals surface area (Å²) in [6, 6.07) is 10.2. The van der Waals surface area contributed by atoms with Crippen LogP contribution in [0.4, 0.5) is 0 Å². The van der Waals surface area contributed by atoms with E-state index in [0.717, 1.165) is 5.56 Å². The second-order valence-electron chi connectivity index (χ2n) is 8.25. The van der Waals surface area contributed by atoms with Crippen LogP contribution in [0.5, 0.6) is 0 Å². The van der Waals surface area contributed by atoms with E-state index < -0.39 is 23.6 Å². The van der Waals surface area contributed by atoms with Gasteiger partial charge in [0, 0.05) is 18.0 Å². The molecule has 1 atom stereocenters.